The normalized spacial score (nSPS) is 12.9. The molecule has 0 aliphatic heterocycles. The number of hydrogen-bond donors (Lipinski definition) is 1. The molecule has 0 fully saturated rings. The number of aliphatic hydroxyl groups excluding tert-OH is 1. The van der Waals surface area contributed by atoms with Crippen LogP contribution in [0.5, 0.6) is 5.75 Å². The van der Waals surface area contributed by atoms with Gasteiger partial charge in [-0.25, -0.2) is 8.78 Å². The topological polar surface area (TPSA) is 29.5 Å². The fourth-order valence-corrected chi connectivity index (χ4v) is 1.44. The van der Waals surface area contributed by atoms with Gasteiger partial charge >= 0.3 is 0 Å². The Morgan fingerprint density at radius 1 is 1.24 bits per heavy atom. The zero-order valence-corrected chi connectivity index (χ0v) is 10.3. The SMILES string of the molecule is CC(C)CCOc1c(F)cc(F)cc1[C@H](C)O. The Kier molecular flexibility index (Phi) is 4.87. The number of hydrogen-bond acceptors (Lipinski definition) is 2. The van der Waals surface area contributed by atoms with Crippen molar-refractivity contribution in [1.29, 1.82) is 0 Å². The van der Waals surface area contributed by atoms with Crippen molar-refractivity contribution in [3.05, 3.63) is 29.3 Å². The Morgan fingerprint density at radius 2 is 1.88 bits per heavy atom. The maximum Gasteiger partial charge on any atom is 0.168 e. The van der Waals surface area contributed by atoms with Crippen molar-refractivity contribution >= 4 is 0 Å². The summed E-state index contributed by atoms with van der Waals surface area (Å²) in [7, 11) is 0. The van der Waals surface area contributed by atoms with Gasteiger partial charge in [-0.2, -0.15) is 0 Å². The first-order valence-electron chi connectivity index (χ1n) is 5.71. The van der Waals surface area contributed by atoms with Crippen LogP contribution in [0.15, 0.2) is 12.1 Å². The van der Waals surface area contributed by atoms with Gasteiger partial charge in [-0.3, -0.25) is 0 Å². The monoisotopic (exact) mass is 244 g/mol. The molecule has 0 saturated carbocycles. The van der Waals surface area contributed by atoms with Crippen LogP contribution < -0.4 is 4.74 Å². The van der Waals surface area contributed by atoms with E-state index in [1.165, 1.54) is 6.92 Å². The van der Waals surface area contributed by atoms with Crippen LogP contribution in [0.4, 0.5) is 8.78 Å². The Bertz CT molecular complexity index is 376. The molecule has 4 heteroatoms. The van der Waals surface area contributed by atoms with E-state index < -0.39 is 17.7 Å². The van der Waals surface area contributed by atoms with E-state index in [2.05, 4.69) is 0 Å². The molecule has 0 spiro atoms. The fraction of sp³-hybridized carbons (Fsp3) is 0.538. The first kappa shape index (κ1) is 13.9. The van der Waals surface area contributed by atoms with Gasteiger partial charge < -0.3 is 9.84 Å². The Hall–Kier alpha value is -1.16. The van der Waals surface area contributed by atoms with E-state index in [-0.39, 0.29) is 11.3 Å². The standard InChI is InChI=1S/C13H18F2O2/c1-8(2)4-5-17-13-11(9(3)16)6-10(14)7-12(13)15/h6-9,16H,4-5H2,1-3H3/t9-/m0/s1. The molecule has 1 atom stereocenters. The van der Waals surface area contributed by atoms with Crippen molar-refractivity contribution in [1.82, 2.24) is 0 Å². The van der Waals surface area contributed by atoms with Crippen molar-refractivity contribution in [2.24, 2.45) is 5.92 Å². The molecule has 0 amide bonds. The molecular formula is C13H18F2O2. The molecule has 96 valence electrons. The van der Waals surface area contributed by atoms with E-state index >= 15 is 0 Å². The van der Waals surface area contributed by atoms with E-state index in [1.54, 1.807) is 0 Å². The molecule has 0 aliphatic rings. The zero-order valence-electron chi connectivity index (χ0n) is 10.3. The lowest BCUT2D eigenvalue weighted by atomic mass is 10.1. The minimum absolute atomic E-state index is 0.0537. The lowest BCUT2D eigenvalue weighted by Crippen LogP contribution is -2.07. The van der Waals surface area contributed by atoms with Gasteiger partial charge in [0.2, 0.25) is 0 Å². The highest BCUT2D eigenvalue weighted by Crippen LogP contribution is 2.29. The minimum Gasteiger partial charge on any atom is -0.490 e. The highest BCUT2D eigenvalue weighted by atomic mass is 19.1. The first-order valence-corrected chi connectivity index (χ1v) is 5.71. The summed E-state index contributed by atoms with van der Waals surface area (Å²) in [6.07, 6.45) is -0.190. The molecule has 2 nitrogen and oxygen atoms in total. The molecule has 1 aromatic rings. The van der Waals surface area contributed by atoms with Crippen LogP contribution in [0.2, 0.25) is 0 Å². The summed E-state index contributed by atoms with van der Waals surface area (Å²) in [4.78, 5) is 0. The summed E-state index contributed by atoms with van der Waals surface area (Å²) in [5, 5.41) is 9.45. The van der Waals surface area contributed by atoms with Crippen molar-refractivity contribution in [2.75, 3.05) is 6.61 Å². The predicted molar refractivity (Wildman–Crippen MR) is 61.9 cm³/mol. The highest BCUT2D eigenvalue weighted by molar-refractivity contribution is 5.37. The molecule has 1 N–H and O–H groups in total. The molecule has 0 heterocycles. The van der Waals surface area contributed by atoms with Crippen LogP contribution in [0.25, 0.3) is 0 Å². The molecule has 1 aromatic carbocycles. The second-order valence-electron chi connectivity index (χ2n) is 4.51. The van der Waals surface area contributed by atoms with Gasteiger partial charge in [0.05, 0.1) is 12.7 Å². The molecular weight excluding hydrogens is 226 g/mol. The van der Waals surface area contributed by atoms with E-state index in [4.69, 9.17) is 4.74 Å². The third-order valence-corrected chi connectivity index (χ3v) is 2.43. The first-order chi connectivity index (χ1) is 7.91. The van der Waals surface area contributed by atoms with Crippen LogP contribution in [-0.2, 0) is 0 Å². The van der Waals surface area contributed by atoms with E-state index in [9.17, 15) is 13.9 Å². The van der Waals surface area contributed by atoms with Gasteiger partial charge in [0.25, 0.3) is 0 Å². The number of halogens is 2. The molecule has 1 rings (SSSR count). The van der Waals surface area contributed by atoms with Crippen LogP contribution in [0, 0.1) is 17.6 Å². The Morgan fingerprint density at radius 3 is 2.41 bits per heavy atom. The second-order valence-corrected chi connectivity index (χ2v) is 4.51. The number of ether oxygens (including phenoxy) is 1. The van der Waals surface area contributed by atoms with Crippen molar-refractivity contribution in [2.45, 2.75) is 33.3 Å². The molecule has 0 bridgehead atoms. The van der Waals surface area contributed by atoms with Crippen molar-refractivity contribution in [3.63, 3.8) is 0 Å². The molecule has 17 heavy (non-hydrogen) atoms. The minimum atomic E-state index is -0.964. The maximum atomic E-state index is 13.5. The van der Waals surface area contributed by atoms with Gasteiger partial charge in [-0.1, -0.05) is 13.8 Å². The summed E-state index contributed by atoms with van der Waals surface area (Å²) >= 11 is 0. The lowest BCUT2D eigenvalue weighted by molar-refractivity contribution is 0.186. The summed E-state index contributed by atoms with van der Waals surface area (Å²) in [6, 6.07) is 1.86. The van der Waals surface area contributed by atoms with E-state index in [0.29, 0.717) is 12.5 Å². The molecule has 0 radical (unpaired) electrons. The van der Waals surface area contributed by atoms with Crippen LogP contribution >= 0.6 is 0 Å². The van der Waals surface area contributed by atoms with Crippen molar-refractivity contribution in [3.8, 4) is 5.75 Å². The zero-order chi connectivity index (χ0) is 13.0. The van der Waals surface area contributed by atoms with Gasteiger partial charge in [0.15, 0.2) is 11.6 Å². The summed E-state index contributed by atoms with van der Waals surface area (Å²) < 4.78 is 31.8. The molecule has 0 aliphatic carbocycles. The van der Waals surface area contributed by atoms with Gasteiger partial charge in [0, 0.05) is 11.6 Å². The summed E-state index contributed by atoms with van der Waals surface area (Å²) in [5.74, 6) is -1.10. The highest BCUT2D eigenvalue weighted by Gasteiger charge is 2.16. The number of benzene rings is 1. The molecule has 0 aromatic heterocycles. The average Bonchev–Trinajstić information content (AvgIpc) is 2.19. The second kappa shape index (κ2) is 5.96. The fourth-order valence-electron chi connectivity index (χ4n) is 1.44. The number of rotatable bonds is 5. The summed E-state index contributed by atoms with van der Waals surface area (Å²) in [5.41, 5.74) is 0.145. The average molecular weight is 244 g/mol. The third-order valence-electron chi connectivity index (χ3n) is 2.43. The van der Waals surface area contributed by atoms with Gasteiger partial charge in [0.1, 0.15) is 5.82 Å². The van der Waals surface area contributed by atoms with Crippen LogP contribution in [0.1, 0.15) is 38.9 Å². The lowest BCUT2D eigenvalue weighted by Gasteiger charge is -2.15. The predicted octanol–water partition coefficient (Wildman–Crippen LogP) is 3.44. The van der Waals surface area contributed by atoms with Crippen LogP contribution in [-0.4, -0.2) is 11.7 Å². The van der Waals surface area contributed by atoms with Gasteiger partial charge in [-0.15, -0.1) is 0 Å². The van der Waals surface area contributed by atoms with Gasteiger partial charge in [-0.05, 0) is 25.3 Å². The smallest absolute Gasteiger partial charge is 0.168 e. The largest absolute Gasteiger partial charge is 0.490 e. The Labute approximate surface area is 100 Å². The summed E-state index contributed by atoms with van der Waals surface area (Å²) in [6.45, 7) is 5.85. The molecule has 0 saturated heterocycles. The third kappa shape index (κ3) is 3.97. The van der Waals surface area contributed by atoms with Crippen molar-refractivity contribution < 1.29 is 18.6 Å². The maximum absolute atomic E-state index is 13.5. The quantitative estimate of drug-likeness (QED) is 0.859. The van der Waals surface area contributed by atoms with E-state index in [0.717, 1.165) is 18.6 Å². The Balaban J connectivity index is 2.88. The number of aliphatic hydroxyl groups is 1. The van der Waals surface area contributed by atoms with Crippen LogP contribution in [0.3, 0.4) is 0 Å². The molecule has 0 unspecified atom stereocenters. The van der Waals surface area contributed by atoms with E-state index in [1.807, 2.05) is 13.8 Å².